The van der Waals surface area contributed by atoms with Crippen molar-refractivity contribution in [2.45, 2.75) is 25.6 Å². The first-order chi connectivity index (χ1) is 11.0. The Balaban J connectivity index is 2.00. The van der Waals surface area contributed by atoms with E-state index in [1.165, 1.54) is 0 Å². The van der Waals surface area contributed by atoms with Gasteiger partial charge in [-0.1, -0.05) is 36.9 Å². The second kappa shape index (κ2) is 5.97. The second-order valence-electron chi connectivity index (χ2n) is 5.93. The maximum Gasteiger partial charge on any atom is 0.210 e. The minimum atomic E-state index is -1.79. The largest absolute Gasteiger partial charge is 0.491 e. The van der Waals surface area contributed by atoms with Gasteiger partial charge in [0, 0.05) is 11.5 Å². The number of ketones is 1. The van der Waals surface area contributed by atoms with Crippen LogP contribution >= 0.6 is 0 Å². The molecule has 0 saturated heterocycles. The van der Waals surface area contributed by atoms with Gasteiger partial charge in [-0.25, -0.2) is 0 Å². The van der Waals surface area contributed by atoms with E-state index in [1.807, 2.05) is 69.9 Å². The lowest BCUT2D eigenvalue weighted by atomic mass is 9.67. The predicted octanol–water partition coefficient (Wildman–Crippen LogP) is 3.10. The Morgan fingerprint density at radius 1 is 1.17 bits per heavy atom. The lowest BCUT2D eigenvalue weighted by Crippen LogP contribution is -2.54. The van der Waals surface area contributed by atoms with Crippen LogP contribution in [0.5, 0.6) is 0 Å². The molecule has 5 radical (unpaired) electrons. The fraction of sp³-hybridized carbons (Fsp3) is 0.200. The number of aliphatic hydroxyl groups is 1. The average Bonchev–Trinajstić information content (AvgIpc) is 3.07. The first kappa shape index (κ1) is 16.0. The number of Topliss-reactive ketones (excluding diaryl/α,β-unsaturated/α-hetero) is 1. The molecule has 0 aromatic heterocycles. The Labute approximate surface area is 137 Å². The van der Waals surface area contributed by atoms with Crippen molar-refractivity contribution in [2.75, 3.05) is 0 Å². The molecule has 1 fully saturated rings. The number of benzene rings is 1. The van der Waals surface area contributed by atoms with Crippen LogP contribution in [0, 0.1) is 31.6 Å². The van der Waals surface area contributed by atoms with Crippen molar-refractivity contribution in [3.63, 3.8) is 0 Å². The molecule has 2 aliphatic rings. The fourth-order valence-electron chi connectivity index (χ4n) is 2.81. The zero-order valence-electron chi connectivity index (χ0n) is 13.2. The molecule has 1 unspecified atom stereocenters. The molecule has 1 atom stereocenters. The van der Waals surface area contributed by atoms with Gasteiger partial charge in [-0.15, -0.1) is 0 Å². The summed E-state index contributed by atoms with van der Waals surface area (Å²) in [5.74, 6) is 0.682. The van der Waals surface area contributed by atoms with E-state index in [0.717, 1.165) is 11.5 Å². The Bertz CT molecular complexity index is 651. The second-order valence-corrected chi connectivity index (χ2v) is 5.93. The highest BCUT2D eigenvalue weighted by Crippen LogP contribution is 2.50. The summed E-state index contributed by atoms with van der Waals surface area (Å²) in [6.45, 7) is 7.69. The molecule has 23 heavy (non-hydrogen) atoms. The van der Waals surface area contributed by atoms with Crippen molar-refractivity contribution >= 4 is 11.4 Å². The van der Waals surface area contributed by atoms with Gasteiger partial charge in [0.25, 0.3) is 0 Å². The molecule has 2 aliphatic carbocycles. The van der Waals surface area contributed by atoms with Gasteiger partial charge in [0.05, 0.1) is 6.10 Å². The molecule has 0 spiro atoms. The Kier molecular flexibility index (Phi) is 4.15. The molecule has 1 N–H and O–H groups in total. The van der Waals surface area contributed by atoms with Gasteiger partial charge in [0.1, 0.15) is 5.76 Å². The molecule has 1 saturated carbocycles. The molecule has 0 aliphatic heterocycles. The normalized spacial score (nSPS) is 25.0. The minimum absolute atomic E-state index is 0.154. The first-order valence-corrected chi connectivity index (χ1v) is 7.61. The number of hydrogen-bond acceptors (Lipinski definition) is 3. The molecule has 1 aromatic rings. The third-order valence-electron chi connectivity index (χ3n) is 3.98. The van der Waals surface area contributed by atoms with Crippen LogP contribution < -0.4 is 0 Å². The Morgan fingerprint density at radius 2 is 1.78 bits per heavy atom. The van der Waals surface area contributed by atoms with Crippen LogP contribution in [-0.2, 0) is 9.53 Å². The van der Waals surface area contributed by atoms with Crippen molar-refractivity contribution in [2.24, 2.45) is 0 Å². The van der Waals surface area contributed by atoms with Crippen LogP contribution in [0.1, 0.15) is 19.4 Å². The summed E-state index contributed by atoms with van der Waals surface area (Å²) >= 11 is 0. The summed E-state index contributed by atoms with van der Waals surface area (Å²) in [6.07, 6.45) is 7.22. The lowest BCUT2D eigenvalue weighted by molar-refractivity contribution is -0.134. The van der Waals surface area contributed by atoms with Crippen LogP contribution in [0.15, 0.2) is 48.2 Å². The molecule has 0 amide bonds. The van der Waals surface area contributed by atoms with Gasteiger partial charge < -0.3 is 9.84 Å². The van der Waals surface area contributed by atoms with Gasteiger partial charge in [-0.2, -0.15) is 0 Å². The van der Waals surface area contributed by atoms with Crippen molar-refractivity contribution < 1.29 is 14.6 Å². The predicted molar refractivity (Wildman–Crippen MR) is 89.1 cm³/mol. The molecule has 0 bridgehead atoms. The summed E-state index contributed by atoms with van der Waals surface area (Å²) < 4.78 is 5.80. The van der Waals surface area contributed by atoms with Gasteiger partial charge in [-0.05, 0) is 50.7 Å². The molecule has 3 heteroatoms. The topological polar surface area (TPSA) is 46.5 Å². The molecular weight excluding hydrogens is 288 g/mol. The molecule has 3 rings (SSSR count). The monoisotopic (exact) mass is 307 g/mol. The quantitative estimate of drug-likeness (QED) is 0.909. The van der Waals surface area contributed by atoms with Gasteiger partial charge >= 0.3 is 0 Å². The van der Waals surface area contributed by atoms with Gasteiger partial charge in [0.2, 0.25) is 11.4 Å². The van der Waals surface area contributed by atoms with Crippen molar-refractivity contribution in [3.05, 3.63) is 85.4 Å². The van der Waals surface area contributed by atoms with Crippen LogP contribution in [0.3, 0.4) is 0 Å². The van der Waals surface area contributed by atoms with Crippen LogP contribution in [0.4, 0.5) is 0 Å². The highest BCUT2D eigenvalue weighted by molar-refractivity contribution is 6.22. The fourth-order valence-corrected chi connectivity index (χ4v) is 2.81. The summed E-state index contributed by atoms with van der Waals surface area (Å²) in [4.78, 5) is 12.7. The van der Waals surface area contributed by atoms with E-state index < -0.39 is 5.60 Å². The van der Waals surface area contributed by atoms with Gasteiger partial charge in [0.15, 0.2) is 0 Å². The van der Waals surface area contributed by atoms with Crippen molar-refractivity contribution in [1.29, 1.82) is 0 Å². The molecule has 117 valence electrons. The zero-order chi connectivity index (χ0) is 16.6. The summed E-state index contributed by atoms with van der Waals surface area (Å²) in [7, 11) is 0. The van der Waals surface area contributed by atoms with E-state index in [9.17, 15) is 9.90 Å². The summed E-state index contributed by atoms with van der Waals surface area (Å²) in [5, 5.41) is 11.0. The molecular formula is C20H19O3. The highest BCUT2D eigenvalue weighted by Gasteiger charge is 2.59. The highest BCUT2D eigenvalue weighted by atomic mass is 16.5. The van der Waals surface area contributed by atoms with E-state index in [1.54, 1.807) is 0 Å². The van der Waals surface area contributed by atoms with Crippen molar-refractivity contribution in [3.8, 4) is 0 Å². The molecule has 3 nitrogen and oxygen atoms in total. The van der Waals surface area contributed by atoms with E-state index in [-0.39, 0.29) is 17.6 Å². The SMILES string of the molecule is C=C(c1ccccc1)C1(O)C(=O)C([C]2[CH][CH][CH][CH]2)=C1OC(C)C. The number of carbonyl (C=O) groups excluding carboxylic acids is 1. The number of ether oxygens (including phenoxy) is 1. The standard InChI is InChI=1S/C20H19O3/c1-13(2)23-19-17(16-11-7-8-12-16)18(21)20(19,22)14(3)15-9-5-4-6-10-15/h4-13,22H,3H2,1-2H3. The number of carbonyl (C=O) groups is 1. The minimum Gasteiger partial charge on any atom is -0.491 e. The zero-order valence-corrected chi connectivity index (χ0v) is 13.2. The third kappa shape index (κ3) is 2.53. The third-order valence-corrected chi connectivity index (χ3v) is 3.98. The summed E-state index contributed by atoms with van der Waals surface area (Å²) in [6, 6.07) is 9.21. The Morgan fingerprint density at radius 3 is 2.35 bits per heavy atom. The van der Waals surface area contributed by atoms with Gasteiger partial charge in [-0.3, -0.25) is 4.79 Å². The molecule has 1 aromatic carbocycles. The van der Waals surface area contributed by atoms with Crippen LogP contribution in [-0.4, -0.2) is 22.6 Å². The Hall–Kier alpha value is -1.87. The van der Waals surface area contributed by atoms with E-state index in [0.29, 0.717) is 11.1 Å². The maximum atomic E-state index is 12.7. The van der Waals surface area contributed by atoms with E-state index in [2.05, 4.69) is 6.58 Å². The maximum absolute atomic E-state index is 12.7. The lowest BCUT2D eigenvalue weighted by Gasteiger charge is -2.43. The van der Waals surface area contributed by atoms with E-state index in [4.69, 9.17) is 4.74 Å². The smallest absolute Gasteiger partial charge is 0.210 e. The summed E-state index contributed by atoms with van der Waals surface area (Å²) in [5.41, 5.74) is -0.301. The molecule has 0 heterocycles. The van der Waals surface area contributed by atoms with Crippen LogP contribution in [0.25, 0.3) is 5.57 Å². The van der Waals surface area contributed by atoms with E-state index >= 15 is 0 Å². The number of rotatable bonds is 5. The van der Waals surface area contributed by atoms with Crippen LogP contribution in [0.2, 0.25) is 0 Å². The average molecular weight is 307 g/mol. The van der Waals surface area contributed by atoms with Crippen molar-refractivity contribution in [1.82, 2.24) is 0 Å². The first-order valence-electron chi connectivity index (χ1n) is 7.61. The number of hydrogen-bond donors (Lipinski definition) is 1.